The smallest absolute Gasteiger partial charge is 0.414 e. The highest BCUT2D eigenvalue weighted by atomic mass is 32.2. The molecule has 0 radical (unpaired) electrons. The van der Waals surface area contributed by atoms with E-state index in [1.54, 1.807) is 36.4 Å². The summed E-state index contributed by atoms with van der Waals surface area (Å²) in [6, 6.07) is 13.6. The van der Waals surface area contributed by atoms with Crippen LogP contribution in [0.25, 0.3) is 0 Å². The van der Waals surface area contributed by atoms with Gasteiger partial charge in [-0.05, 0) is 18.2 Å². The molecule has 2 saturated heterocycles. The fourth-order valence-electron chi connectivity index (χ4n) is 3.87. The minimum Gasteiger partial charge on any atom is -0.442 e. The van der Waals surface area contributed by atoms with Crippen LogP contribution in [-0.2, 0) is 9.53 Å². The molecule has 0 aliphatic carbocycles. The molecule has 0 aromatic heterocycles. The molecule has 2 aromatic carbocycles. The second-order valence-electron chi connectivity index (χ2n) is 7.94. The van der Waals surface area contributed by atoms with Gasteiger partial charge in [-0.2, -0.15) is 11.8 Å². The lowest BCUT2D eigenvalue weighted by atomic mass is 10.1. The molecule has 2 fully saturated rings. The maximum atomic E-state index is 14.7. The predicted octanol–water partition coefficient (Wildman–Crippen LogP) is 3.48. The van der Waals surface area contributed by atoms with Gasteiger partial charge >= 0.3 is 6.09 Å². The summed E-state index contributed by atoms with van der Waals surface area (Å²) in [5.74, 6) is 1.18. The second-order valence-corrected chi connectivity index (χ2v) is 9.17. The van der Waals surface area contributed by atoms with Gasteiger partial charge in [-0.1, -0.05) is 30.3 Å². The van der Waals surface area contributed by atoms with Crippen LogP contribution in [0.2, 0.25) is 0 Å². The quantitative estimate of drug-likeness (QED) is 0.594. The molecule has 0 bridgehead atoms. The SMILES string of the molecule is O=C(CCC(=O)c1ccccc1)NCC1CN(c2ccc(N3CCSCC3)c(F)c2)C(=O)O1. The third-order valence-electron chi connectivity index (χ3n) is 5.67. The molecule has 2 heterocycles. The highest BCUT2D eigenvalue weighted by molar-refractivity contribution is 7.99. The summed E-state index contributed by atoms with van der Waals surface area (Å²) in [6.45, 7) is 1.94. The first-order chi connectivity index (χ1) is 16.0. The Kier molecular flexibility index (Phi) is 7.49. The molecule has 4 rings (SSSR count). The lowest BCUT2D eigenvalue weighted by Gasteiger charge is -2.29. The van der Waals surface area contributed by atoms with Crippen LogP contribution in [0.4, 0.5) is 20.6 Å². The number of nitrogens with zero attached hydrogens (tertiary/aromatic N) is 2. The first-order valence-electron chi connectivity index (χ1n) is 11.0. The fraction of sp³-hybridized carbons (Fsp3) is 0.375. The highest BCUT2D eigenvalue weighted by Gasteiger charge is 2.33. The monoisotopic (exact) mass is 471 g/mol. The van der Waals surface area contributed by atoms with Crippen LogP contribution in [-0.4, -0.2) is 61.6 Å². The zero-order valence-electron chi connectivity index (χ0n) is 18.2. The Balaban J connectivity index is 1.26. The summed E-state index contributed by atoms with van der Waals surface area (Å²) in [7, 11) is 0. The summed E-state index contributed by atoms with van der Waals surface area (Å²) in [4.78, 5) is 39.9. The molecule has 1 N–H and O–H groups in total. The number of nitrogens with one attached hydrogen (secondary N) is 1. The standard InChI is InChI=1S/C24H26FN3O4S/c25-20-14-18(6-7-21(20)27-10-12-33-13-11-27)28-16-19(32-24(28)31)15-26-23(30)9-8-22(29)17-4-2-1-3-5-17/h1-7,14,19H,8-13,15-16H2,(H,26,30). The number of ketones is 1. The first kappa shape index (κ1) is 23.1. The molecular formula is C24H26FN3O4S. The van der Waals surface area contributed by atoms with Crippen LogP contribution >= 0.6 is 11.8 Å². The van der Waals surface area contributed by atoms with Crippen LogP contribution in [0.3, 0.4) is 0 Å². The van der Waals surface area contributed by atoms with E-state index in [1.807, 2.05) is 22.7 Å². The molecule has 2 aromatic rings. The zero-order valence-corrected chi connectivity index (χ0v) is 19.0. The van der Waals surface area contributed by atoms with Gasteiger partial charge in [0.1, 0.15) is 11.9 Å². The van der Waals surface area contributed by atoms with E-state index in [1.165, 1.54) is 11.0 Å². The Morgan fingerprint density at radius 1 is 1.09 bits per heavy atom. The molecular weight excluding hydrogens is 445 g/mol. The van der Waals surface area contributed by atoms with Gasteiger partial charge in [0.2, 0.25) is 5.91 Å². The normalized spacial score (nSPS) is 18.2. The number of ether oxygens (including phenoxy) is 1. The number of hydrogen-bond acceptors (Lipinski definition) is 6. The van der Waals surface area contributed by atoms with Crippen molar-refractivity contribution in [3.63, 3.8) is 0 Å². The van der Waals surface area contributed by atoms with Gasteiger partial charge in [-0.25, -0.2) is 9.18 Å². The van der Waals surface area contributed by atoms with Gasteiger partial charge in [0.15, 0.2) is 5.78 Å². The molecule has 0 spiro atoms. The maximum absolute atomic E-state index is 14.7. The van der Waals surface area contributed by atoms with E-state index in [0.29, 0.717) is 16.9 Å². The minimum absolute atomic E-state index is 0.0553. The molecule has 0 saturated carbocycles. The van der Waals surface area contributed by atoms with Gasteiger partial charge in [-0.3, -0.25) is 14.5 Å². The largest absolute Gasteiger partial charge is 0.442 e. The number of carbonyl (C=O) groups is 3. The molecule has 7 nitrogen and oxygen atoms in total. The topological polar surface area (TPSA) is 79.0 Å². The maximum Gasteiger partial charge on any atom is 0.414 e. The molecule has 1 atom stereocenters. The van der Waals surface area contributed by atoms with Gasteiger partial charge in [0.25, 0.3) is 0 Å². The number of amides is 2. The summed E-state index contributed by atoms with van der Waals surface area (Å²) >= 11 is 1.85. The summed E-state index contributed by atoms with van der Waals surface area (Å²) in [5.41, 5.74) is 1.54. The van der Waals surface area contributed by atoms with E-state index in [-0.39, 0.29) is 43.4 Å². The van der Waals surface area contributed by atoms with Crippen molar-refractivity contribution >= 4 is 40.9 Å². The van der Waals surface area contributed by atoms with Crippen molar-refractivity contribution in [3.05, 3.63) is 59.9 Å². The molecule has 33 heavy (non-hydrogen) atoms. The number of anilines is 2. The van der Waals surface area contributed by atoms with Crippen molar-refractivity contribution in [2.45, 2.75) is 18.9 Å². The fourth-order valence-corrected chi connectivity index (χ4v) is 4.78. The summed E-state index contributed by atoms with van der Waals surface area (Å²) < 4.78 is 20.1. The average molecular weight is 472 g/mol. The van der Waals surface area contributed by atoms with Crippen LogP contribution in [0.5, 0.6) is 0 Å². The number of hydrogen-bond donors (Lipinski definition) is 1. The zero-order chi connectivity index (χ0) is 23.2. The Morgan fingerprint density at radius 3 is 2.58 bits per heavy atom. The van der Waals surface area contributed by atoms with Crippen molar-refractivity contribution in [3.8, 4) is 0 Å². The highest BCUT2D eigenvalue weighted by Crippen LogP contribution is 2.29. The Morgan fingerprint density at radius 2 is 1.85 bits per heavy atom. The van der Waals surface area contributed by atoms with E-state index in [2.05, 4.69) is 5.32 Å². The van der Waals surface area contributed by atoms with E-state index >= 15 is 0 Å². The van der Waals surface area contributed by atoms with E-state index in [4.69, 9.17) is 4.74 Å². The molecule has 9 heteroatoms. The Hall–Kier alpha value is -3.07. The predicted molar refractivity (Wildman–Crippen MR) is 127 cm³/mol. The van der Waals surface area contributed by atoms with E-state index < -0.39 is 12.2 Å². The lowest BCUT2D eigenvalue weighted by molar-refractivity contribution is -0.121. The number of benzene rings is 2. The summed E-state index contributed by atoms with van der Waals surface area (Å²) in [5, 5.41) is 2.71. The van der Waals surface area contributed by atoms with Crippen LogP contribution in [0.1, 0.15) is 23.2 Å². The Labute approximate surface area is 196 Å². The third kappa shape index (κ3) is 5.84. The van der Waals surface area contributed by atoms with Crippen molar-refractivity contribution in [2.24, 2.45) is 0 Å². The molecule has 2 amide bonds. The number of cyclic esters (lactones) is 1. The second kappa shape index (κ2) is 10.7. The van der Waals surface area contributed by atoms with Crippen LogP contribution < -0.4 is 15.1 Å². The third-order valence-corrected chi connectivity index (χ3v) is 6.61. The average Bonchev–Trinajstić information content (AvgIpc) is 3.22. The molecule has 2 aliphatic rings. The molecule has 2 aliphatic heterocycles. The van der Waals surface area contributed by atoms with Gasteiger partial charge in [-0.15, -0.1) is 0 Å². The van der Waals surface area contributed by atoms with E-state index in [9.17, 15) is 18.8 Å². The van der Waals surface area contributed by atoms with Gasteiger partial charge in [0.05, 0.1) is 24.5 Å². The van der Waals surface area contributed by atoms with Crippen molar-refractivity contribution in [1.29, 1.82) is 0 Å². The first-order valence-corrected chi connectivity index (χ1v) is 12.1. The Bertz CT molecular complexity index is 1010. The van der Waals surface area contributed by atoms with Crippen LogP contribution in [0, 0.1) is 5.82 Å². The van der Waals surface area contributed by atoms with Crippen molar-refractivity contribution in [1.82, 2.24) is 5.32 Å². The number of Topliss-reactive ketones (excluding diaryl/α,β-unsaturated/α-hetero) is 1. The summed E-state index contributed by atoms with van der Waals surface area (Å²) in [6.07, 6.45) is -0.962. The van der Waals surface area contributed by atoms with Gasteiger partial charge < -0.3 is 15.0 Å². The van der Waals surface area contributed by atoms with Crippen molar-refractivity contribution in [2.75, 3.05) is 47.5 Å². The number of thioether (sulfide) groups is 1. The lowest BCUT2D eigenvalue weighted by Crippen LogP contribution is -2.35. The van der Waals surface area contributed by atoms with Crippen molar-refractivity contribution < 1.29 is 23.5 Å². The number of rotatable bonds is 8. The molecule has 1 unspecified atom stereocenters. The number of halogens is 1. The number of carbonyl (C=O) groups excluding carboxylic acids is 3. The van der Waals surface area contributed by atoms with Gasteiger partial charge in [0, 0.05) is 43.0 Å². The molecule has 174 valence electrons. The minimum atomic E-state index is -0.574. The van der Waals surface area contributed by atoms with Crippen LogP contribution in [0.15, 0.2) is 48.5 Å². The van der Waals surface area contributed by atoms with E-state index in [0.717, 1.165) is 24.6 Å².